The summed E-state index contributed by atoms with van der Waals surface area (Å²) in [7, 11) is 0. The van der Waals surface area contributed by atoms with Crippen LogP contribution in [0, 0.1) is 36.7 Å². The highest BCUT2D eigenvalue weighted by Gasteiger charge is 2.18. The normalized spacial score (nSPS) is 12.2. The maximum Gasteiger partial charge on any atom is 0.272 e. The Labute approximate surface area is 122 Å². The average molecular weight is 288 g/mol. The predicted molar refractivity (Wildman–Crippen MR) is 79.7 cm³/mol. The molecule has 2 N–H and O–H groups in total. The number of halogens is 1. The number of nitro benzene ring substituents is 1. The predicted octanol–water partition coefficient (Wildman–Crippen LogP) is 3.71. The van der Waals surface area contributed by atoms with Crippen molar-refractivity contribution in [3.05, 3.63) is 74.1 Å². The molecule has 1 atom stereocenters. The minimum Gasteiger partial charge on any atom is -0.320 e. The lowest BCUT2D eigenvalue weighted by Gasteiger charge is -2.15. The van der Waals surface area contributed by atoms with E-state index in [4.69, 9.17) is 5.73 Å². The van der Waals surface area contributed by atoms with E-state index in [0.717, 1.165) is 5.56 Å². The summed E-state index contributed by atoms with van der Waals surface area (Å²) in [4.78, 5) is 10.7. The third kappa shape index (κ3) is 2.92. The molecule has 1 unspecified atom stereocenters. The van der Waals surface area contributed by atoms with Gasteiger partial charge in [0.2, 0.25) is 0 Å². The summed E-state index contributed by atoms with van der Waals surface area (Å²) in [5, 5.41) is 11.1. The smallest absolute Gasteiger partial charge is 0.272 e. The number of nitro groups is 1. The second kappa shape index (κ2) is 5.61. The Morgan fingerprint density at radius 1 is 1.10 bits per heavy atom. The van der Waals surface area contributed by atoms with Crippen molar-refractivity contribution in [2.45, 2.75) is 26.8 Å². The summed E-state index contributed by atoms with van der Waals surface area (Å²) in [5.74, 6) is -0.332. The number of nitrogens with two attached hydrogens (primary N) is 1. The van der Waals surface area contributed by atoms with Crippen LogP contribution in [0.3, 0.4) is 0 Å². The van der Waals surface area contributed by atoms with E-state index >= 15 is 0 Å². The van der Waals surface area contributed by atoms with Gasteiger partial charge in [0.15, 0.2) is 0 Å². The first kappa shape index (κ1) is 15.1. The fraction of sp³-hybridized carbons (Fsp3) is 0.250. The molecule has 0 aliphatic rings. The highest BCUT2D eigenvalue weighted by atomic mass is 19.1. The van der Waals surface area contributed by atoms with Gasteiger partial charge < -0.3 is 5.73 Å². The number of nitrogens with zero attached hydrogens (tertiary/aromatic N) is 1. The molecule has 5 heteroatoms. The summed E-state index contributed by atoms with van der Waals surface area (Å²) < 4.78 is 13.6. The molecule has 0 heterocycles. The number of hydrogen-bond donors (Lipinski definition) is 1. The third-order valence-corrected chi connectivity index (χ3v) is 3.77. The maximum absolute atomic E-state index is 13.6. The lowest BCUT2D eigenvalue weighted by Crippen LogP contribution is -2.13. The SMILES string of the molecule is Cc1ccc(C(N)c2cc(C)c(C)c([N+](=O)[O-])c2)cc1F. The molecule has 4 nitrogen and oxygen atoms in total. The van der Waals surface area contributed by atoms with Crippen LogP contribution in [0.4, 0.5) is 10.1 Å². The molecule has 0 saturated heterocycles. The number of benzene rings is 2. The third-order valence-electron chi connectivity index (χ3n) is 3.77. The Morgan fingerprint density at radius 2 is 1.76 bits per heavy atom. The standard InChI is InChI=1S/C16H17FN2O2/c1-9-4-5-12(7-14(9)17)16(18)13-6-10(2)11(3)15(8-13)19(20)21/h4-8,16H,18H2,1-3H3. The van der Waals surface area contributed by atoms with Gasteiger partial charge in [-0.15, -0.1) is 0 Å². The number of aryl methyl sites for hydroxylation is 2. The minimum atomic E-state index is -0.599. The fourth-order valence-electron chi connectivity index (χ4n) is 2.23. The molecule has 0 aliphatic carbocycles. The van der Waals surface area contributed by atoms with E-state index in [1.54, 1.807) is 32.9 Å². The molecule has 0 radical (unpaired) electrons. The zero-order chi connectivity index (χ0) is 15.7. The van der Waals surface area contributed by atoms with Gasteiger partial charge in [0.05, 0.1) is 11.0 Å². The van der Waals surface area contributed by atoms with Gasteiger partial charge in [0, 0.05) is 11.6 Å². The lowest BCUT2D eigenvalue weighted by atomic mass is 9.94. The molecule has 2 aromatic carbocycles. The average Bonchev–Trinajstić information content (AvgIpc) is 2.43. The van der Waals surface area contributed by atoms with Crippen molar-refractivity contribution < 1.29 is 9.31 Å². The van der Waals surface area contributed by atoms with E-state index in [0.29, 0.717) is 22.3 Å². The molecular weight excluding hydrogens is 271 g/mol. The largest absolute Gasteiger partial charge is 0.320 e. The highest BCUT2D eigenvalue weighted by molar-refractivity contribution is 5.49. The molecule has 0 spiro atoms. The van der Waals surface area contributed by atoms with Gasteiger partial charge in [-0.25, -0.2) is 4.39 Å². The van der Waals surface area contributed by atoms with Crippen molar-refractivity contribution in [2.24, 2.45) is 5.73 Å². The van der Waals surface area contributed by atoms with Gasteiger partial charge in [-0.05, 0) is 49.1 Å². The molecule has 2 aromatic rings. The summed E-state index contributed by atoms with van der Waals surface area (Å²) in [6.07, 6.45) is 0. The van der Waals surface area contributed by atoms with E-state index in [2.05, 4.69) is 0 Å². The molecule has 0 bridgehead atoms. The van der Waals surface area contributed by atoms with Gasteiger partial charge in [-0.1, -0.05) is 18.2 Å². The van der Waals surface area contributed by atoms with Crippen LogP contribution < -0.4 is 5.73 Å². The first-order valence-corrected chi connectivity index (χ1v) is 6.58. The van der Waals surface area contributed by atoms with Crippen LogP contribution in [0.15, 0.2) is 30.3 Å². The van der Waals surface area contributed by atoms with Crippen LogP contribution in [0.1, 0.15) is 33.9 Å². The monoisotopic (exact) mass is 288 g/mol. The van der Waals surface area contributed by atoms with Crippen molar-refractivity contribution >= 4 is 5.69 Å². The van der Waals surface area contributed by atoms with Crippen LogP contribution in [-0.4, -0.2) is 4.92 Å². The number of rotatable bonds is 3. The summed E-state index contributed by atoms with van der Waals surface area (Å²) in [6, 6.07) is 7.44. The summed E-state index contributed by atoms with van der Waals surface area (Å²) in [6.45, 7) is 5.17. The Kier molecular flexibility index (Phi) is 4.04. The lowest BCUT2D eigenvalue weighted by molar-refractivity contribution is -0.385. The van der Waals surface area contributed by atoms with Gasteiger partial charge in [-0.2, -0.15) is 0 Å². The summed E-state index contributed by atoms with van der Waals surface area (Å²) >= 11 is 0. The van der Waals surface area contributed by atoms with Crippen LogP contribution in [0.2, 0.25) is 0 Å². The molecule has 2 rings (SSSR count). The second-order valence-electron chi connectivity index (χ2n) is 5.23. The zero-order valence-corrected chi connectivity index (χ0v) is 12.2. The van der Waals surface area contributed by atoms with Crippen LogP contribution in [0.5, 0.6) is 0 Å². The van der Waals surface area contributed by atoms with Gasteiger partial charge in [0.1, 0.15) is 5.82 Å². The Morgan fingerprint density at radius 3 is 2.33 bits per heavy atom. The van der Waals surface area contributed by atoms with Crippen LogP contribution in [-0.2, 0) is 0 Å². The molecule has 0 aromatic heterocycles. The minimum absolute atomic E-state index is 0.0352. The molecule has 0 aliphatic heterocycles. The first-order valence-electron chi connectivity index (χ1n) is 6.58. The quantitative estimate of drug-likeness (QED) is 0.691. The van der Waals surface area contributed by atoms with E-state index in [-0.39, 0.29) is 11.5 Å². The maximum atomic E-state index is 13.6. The Bertz CT molecular complexity index is 714. The van der Waals surface area contributed by atoms with E-state index in [1.807, 2.05) is 6.07 Å². The molecule has 0 fully saturated rings. The molecule has 21 heavy (non-hydrogen) atoms. The van der Waals surface area contributed by atoms with E-state index in [9.17, 15) is 14.5 Å². The number of hydrogen-bond acceptors (Lipinski definition) is 3. The van der Waals surface area contributed by atoms with Crippen molar-refractivity contribution in [1.29, 1.82) is 0 Å². The second-order valence-corrected chi connectivity index (χ2v) is 5.23. The van der Waals surface area contributed by atoms with Gasteiger partial charge in [0.25, 0.3) is 5.69 Å². The van der Waals surface area contributed by atoms with E-state index < -0.39 is 11.0 Å². The first-order chi connectivity index (χ1) is 9.81. The topological polar surface area (TPSA) is 69.2 Å². The van der Waals surface area contributed by atoms with Gasteiger partial charge in [-0.3, -0.25) is 10.1 Å². The van der Waals surface area contributed by atoms with Crippen molar-refractivity contribution in [1.82, 2.24) is 0 Å². The Balaban J connectivity index is 2.50. The summed E-state index contributed by atoms with van der Waals surface area (Å²) in [5.41, 5.74) is 9.32. The van der Waals surface area contributed by atoms with Crippen LogP contribution in [0.25, 0.3) is 0 Å². The van der Waals surface area contributed by atoms with Crippen molar-refractivity contribution in [3.63, 3.8) is 0 Å². The van der Waals surface area contributed by atoms with Crippen molar-refractivity contribution in [2.75, 3.05) is 0 Å². The van der Waals surface area contributed by atoms with Gasteiger partial charge >= 0.3 is 0 Å². The molecule has 110 valence electrons. The Hall–Kier alpha value is -2.27. The molecular formula is C16H17FN2O2. The van der Waals surface area contributed by atoms with E-state index in [1.165, 1.54) is 12.1 Å². The highest BCUT2D eigenvalue weighted by Crippen LogP contribution is 2.29. The molecule has 0 saturated carbocycles. The molecule has 0 amide bonds. The fourth-order valence-corrected chi connectivity index (χ4v) is 2.23. The zero-order valence-electron chi connectivity index (χ0n) is 12.2. The van der Waals surface area contributed by atoms with Crippen LogP contribution >= 0.6 is 0 Å². The van der Waals surface area contributed by atoms with Crippen molar-refractivity contribution in [3.8, 4) is 0 Å².